The van der Waals surface area contributed by atoms with Gasteiger partial charge in [-0.15, -0.1) is 0 Å². The van der Waals surface area contributed by atoms with Crippen LogP contribution in [0.5, 0.6) is 0 Å². The number of nitrogens with zero attached hydrogens (tertiary/aromatic N) is 3. The van der Waals surface area contributed by atoms with Crippen molar-refractivity contribution in [3.05, 3.63) is 40.7 Å². The summed E-state index contributed by atoms with van der Waals surface area (Å²) < 4.78 is 45.0. The van der Waals surface area contributed by atoms with E-state index < -0.39 is 11.7 Å². The normalized spacial score (nSPS) is 15.3. The maximum Gasteiger partial charge on any atom is 0.418 e. The van der Waals surface area contributed by atoms with Gasteiger partial charge in [0, 0.05) is 24.2 Å². The fraction of sp³-hybridized carbons (Fsp3) is 0.375. The molecule has 0 amide bonds. The first-order chi connectivity index (χ1) is 11.8. The summed E-state index contributed by atoms with van der Waals surface area (Å²) in [7, 11) is 0. The summed E-state index contributed by atoms with van der Waals surface area (Å²) in [6.45, 7) is 4.21. The Kier molecular flexibility index (Phi) is 5.01. The number of aromatic nitrogens is 2. The van der Waals surface area contributed by atoms with Crippen LogP contribution in [-0.4, -0.2) is 36.3 Å². The first-order valence-corrected chi connectivity index (χ1v) is 8.03. The second kappa shape index (κ2) is 7.05. The molecule has 1 aliphatic rings. The van der Waals surface area contributed by atoms with Crippen LogP contribution in [0.4, 0.5) is 30.5 Å². The highest BCUT2D eigenvalue weighted by atomic mass is 35.5. The highest BCUT2D eigenvalue weighted by Gasteiger charge is 2.34. The summed E-state index contributed by atoms with van der Waals surface area (Å²) in [5.41, 5.74) is -0.952. The SMILES string of the molecule is Cc1nc(Nc2ccc(Cl)cc2C(F)(F)F)cc(N2CCOCC2)n1. The monoisotopic (exact) mass is 372 g/mol. The van der Waals surface area contributed by atoms with Crippen LogP contribution in [0.3, 0.4) is 0 Å². The lowest BCUT2D eigenvalue weighted by Crippen LogP contribution is -2.36. The maximum atomic E-state index is 13.2. The van der Waals surface area contributed by atoms with E-state index >= 15 is 0 Å². The molecule has 0 bridgehead atoms. The molecule has 1 fully saturated rings. The Labute approximate surface area is 147 Å². The van der Waals surface area contributed by atoms with Gasteiger partial charge in [0.05, 0.1) is 24.5 Å². The lowest BCUT2D eigenvalue weighted by Gasteiger charge is -2.28. The molecule has 0 radical (unpaired) electrons. The summed E-state index contributed by atoms with van der Waals surface area (Å²) in [4.78, 5) is 10.6. The average Bonchev–Trinajstić information content (AvgIpc) is 2.56. The van der Waals surface area contributed by atoms with Crippen LogP contribution >= 0.6 is 11.6 Å². The minimum Gasteiger partial charge on any atom is -0.378 e. The quantitative estimate of drug-likeness (QED) is 0.881. The Balaban J connectivity index is 1.92. The molecule has 0 aliphatic carbocycles. The number of anilines is 3. The van der Waals surface area contributed by atoms with Crippen molar-refractivity contribution in [2.45, 2.75) is 13.1 Å². The van der Waals surface area contributed by atoms with E-state index in [-0.39, 0.29) is 10.7 Å². The largest absolute Gasteiger partial charge is 0.418 e. The van der Waals surface area contributed by atoms with Crippen LogP contribution in [-0.2, 0) is 10.9 Å². The number of aryl methyl sites for hydroxylation is 1. The van der Waals surface area contributed by atoms with Gasteiger partial charge in [-0.2, -0.15) is 13.2 Å². The smallest absolute Gasteiger partial charge is 0.378 e. The zero-order valence-corrected chi connectivity index (χ0v) is 14.2. The molecular formula is C16H16ClF3N4O. The van der Waals surface area contributed by atoms with Crippen LogP contribution in [0.2, 0.25) is 5.02 Å². The van der Waals surface area contributed by atoms with Crippen molar-refractivity contribution < 1.29 is 17.9 Å². The summed E-state index contributed by atoms with van der Waals surface area (Å²) in [5, 5.41) is 2.76. The number of nitrogens with one attached hydrogen (secondary N) is 1. The molecule has 1 N–H and O–H groups in total. The number of rotatable bonds is 3. The van der Waals surface area contributed by atoms with Crippen LogP contribution in [0.1, 0.15) is 11.4 Å². The average molecular weight is 373 g/mol. The van der Waals surface area contributed by atoms with Gasteiger partial charge in [-0.05, 0) is 25.1 Å². The lowest BCUT2D eigenvalue weighted by atomic mass is 10.1. The molecule has 0 atom stereocenters. The number of ether oxygens (including phenoxy) is 1. The predicted octanol–water partition coefficient (Wildman–Crippen LogP) is 4.04. The maximum absolute atomic E-state index is 13.2. The lowest BCUT2D eigenvalue weighted by molar-refractivity contribution is -0.136. The number of hydrogen-bond acceptors (Lipinski definition) is 5. The van der Waals surface area contributed by atoms with E-state index in [9.17, 15) is 13.2 Å². The van der Waals surface area contributed by atoms with Gasteiger partial charge < -0.3 is 15.0 Å². The predicted molar refractivity (Wildman–Crippen MR) is 89.5 cm³/mol. The van der Waals surface area contributed by atoms with E-state index in [0.29, 0.717) is 43.8 Å². The van der Waals surface area contributed by atoms with Gasteiger partial charge in [0.25, 0.3) is 0 Å². The van der Waals surface area contributed by atoms with Gasteiger partial charge in [-0.3, -0.25) is 0 Å². The third-order valence-corrected chi connectivity index (χ3v) is 3.94. The highest BCUT2D eigenvalue weighted by Crippen LogP contribution is 2.37. The Morgan fingerprint density at radius 1 is 1.16 bits per heavy atom. The van der Waals surface area contributed by atoms with Gasteiger partial charge in [0.2, 0.25) is 0 Å². The molecule has 1 aliphatic heterocycles. The van der Waals surface area contributed by atoms with E-state index in [2.05, 4.69) is 15.3 Å². The van der Waals surface area contributed by atoms with Crippen molar-refractivity contribution in [1.82, 2.24) is 9.97 Å². The summed E-state index contributed by atoms with van der Waals surface area (Å²) in [6, 6.07) is 5.21. The van der Waals surface area contributed by atoms with Crippen molar-refractivity contribution in [3.8, 4) is 0 Å². The first kappa shape index (κ1) is 17.8. The fourth-order valence-electron chi connectivity index (χ4n) is 2.57. The van der Waals surface area contributed by atoms with Crippen molar-refractivity contribution >= 4 is 28.9 Å². The molecular weight excluding hydrogens is 357 g/mol. The molecule has 134 valence electrons. The summed E-state index contributed by atoms with van der Waals surface area (Å²) in [5.74, 6) is 1.41. The topological polar surface area (TPSA) is 50.3 Å². The zero-order valence-electron chi connectivity index (χ0n) is 13.4. The summed E-state index contributed by atoms with van der Waals surface area (Å²) >= 11 is 5.71. The van der Waals surface area contributed by atoms with Crippen molar-refractivity contribution in [2.75, 3.05) is 36.5 Å². The van der Waals surface area contributed by atoms with E-state index in [1.807, 2.05) is 4.90 Å². The zero-order chi connectivity index (χ0) is 18.0. The summed E-state index contributed by atoms with van der Waals surface area (Å²) in [6.07, 6.45) is -4.53. The van der Waals surface area contributed by atoms with Gasteiger partial charge >= 0.3 is 6.18 Å². The van der Waals surface area contributed by atoms with Gasteiger partial charge in [-0.1, -0.05) is 11.6 Å². The van der Waals surface area contributed by atoms with Crippen molar-refractivity contribution in [3.63, 3.8) is 0 Å². The molecule has 0 spiro atoms. The third-order valence-electron chi connectivity index (χ3n) is 3.71. The van der Waals surface area contributed by atoms with Crippen LogP contribution in [0, 0.1) is 6.92 Å². The standard InChI is InChI=1S/C16H16ClF3N4O/c1-10-21-14(9-15(22-10)24-4-6-25-7-5-24)23-13-3-2-11(17)8-12(13)16(18,19)20/h2-3,8-9H,4-7H2,1H3,(H,21,22,23). The van der Waals surface area contributed by atoms with Crippen LogP contribution in [0.25, 0.3) is 0 Å². The second-order valence-corrected chi connectivity index (χ2v) is 6.01. The van der Waals surface area contributed by atoms with E-state index in [1.165, 1.54) is 12.1 Å². The molecule has 1 saturated heterocycles. The van der Waals surface area contributed by atoms with Crippen molar-refractivity contribution in [1.29, 1.82) is 0 Å². The minimum absolute atomic E-state index is 0.0192. The molecule has 5 nitrogen and oxygen atoms in total. The first-order valence-electron chi connectivity index (χ1n) is 7.65. The Hall–Kier alpha value is -2.06. The molecule has 2 aromatic rings. The number of halogens is 4. The molecule has 3 rings (SSSR count). The Morgan fingerprint density at radius 3 is 2.56 bits per heavy atom. The van der Waals surface area contributed by atoms with Crippen LogP contribution in [0.15, 0.2) is 24.3 Å². The number of hydrogen-bond donors (Lipinski definition) is 1. The molecule has 2 heterocycles. The number of benzene rings is 1. The van der Waals surface area contributed by atoms with Crippen molar-refractivity contribution in [2.24, 2.45) is 0 Å². The van der Waals surface area contributed by atoms with Gasteiger partial charge in [-0.25, -0.2) is 9.97 Å². The van der Waals surface area contributed by atoms with Gasteiger partial charge in [0.15, 0.2) is 0 Å². The fourth-order valence-corrected chi connectivity index (χ4v) is 2.74. The highest BCUT2D eigenvalue weighted by molar-refractivity contribution is 6.30. The molecule has 1 aromatic carbocycles. The Morgan fingerprint density at radius 2 is 1.88 bits per heavy atom. The number of morpholine rings is 1. The molecule has 9 heteroatoms. The third kappa shape index (κ3) is 4.32. The minimum atomic E-state index is -4.53. The number of alkyl halides is 3. The second-order valence-electron chi connectivity index (χ2n) is 5.57. The molecule has 0 saturated carbocycles. The van der Waals surface area contributed by atoms with E-state index in [0.717, 1.165) is 6.07 Å². The molecule has 25 heavy (non-hydrogen) atoms. The van der Waals surface area contributed by atoms with Crippen LogP contribution < -0.4 is 10.2 Å². The van der Waals surface area contributed by atoms with E-state index in [1.54, 1.807) is 13.0 Å². The molecule has 0 unspecified atom stereocenters. The molecule has 1 aromatic heterocycles. The van der Waals surface area contributed by atoms with E-state index in [4.69, 9.17) is 16.3 Å². The van der Waals surface area contributed by atoms with Gasteiger partial charge in [0.1, 0.15) is 17.5 Å². The Bertz CT molecular complexity index is 764.